The summed E-state index contributed by atoms with van der Waals surface area (Å²) in [4.78, 5) is 0. The highest BCUT2D eigenvalue weighted by Gasteiger charge is 2.10. The fourth-order valence-corrected chi connectivity index (χ4v) is 2.24. The van der Waals surface area contributed by atoms with Crippen molar-refractivity contribution in [3.05, 3.63) is 33.3 Å². The molecule has 1 rings (SSSR count). The van der Waals surface area contributed by atoms with E-state index in [1.165, 1.54) is 0 Å². The normalized spacial score (nSPS) is 14.8. The van der Waals surface area contributed by atoms with Gasteiger partial charge in [0.1, 0.15) is 0 Å². The summed E-state index contributed by atoms with van der Waals surface area (Å²) < 4.78 is 0.983. The Balaban J connectivity index is 2.62. The quantitative estimate of drug-likeness (QED) is 0.874. The van der Waals surface area contributed by atoms with Gasteiger partial charge in [0.2, 0.25) is 0 Å². The molecule has 0 amide bonds. The highest BCUT2D eigenvalue weighted by Crippen LogP contribution is 2.26. The smallest absolute Gasteiger partial charge is 0.0468 e. The van der Waals surface area contributed by atoms with Crippen LogP contribution in [0.15, 0.2) is 22.7 Å². The Bertz CT molecular complexity index is 346. The minimum atomic E-state index is 0.189. The minimum Gasteiger partial charge on any atom is -0.396 e. The third-order valence-electron chi connectivity index (χ3n) is 2.51. The molecule has 0 bridgehead atoms. The van der Waals surface area contributed by atoms with Crippen molar-refractivity contribution in [3.8, 4) is 0 Å². The average molecular weight is 307 g/mol. The molecule has 1 aromatic carbocycles. The topological polar surface area (TPSA) is 32.3 Å². The zero-order chi connectivity index (χ0) is 12.1. The molecule has 1 aromatic rings. The van der Waals surface area contributed by atoms with Gasteiger partial charge in [-0.15, -0.1) is 0 Å². The van der Waals surface area contributed by atoms with Crippen molar-refractivity contribution >= 4 is 27.5 Å². The Kier molecular flexibility index (Phi) is 5.76. The molecule has 0 aliphatic heterocycles. The van der Waals surface area contributed by atoms with Gasteiger partial charge in [-0.1, -0.05) is 40.5 Å². The molecule has 0 saturated heterocycles. The highest BCUT2D eigenvalue weighted by molar-refractivity contribution is 9.10. The first-order chi connectivity index (χ1) is 7.54. The second kappa shape index (κ2) is 6.60. The highest BCUT2D eigenvalue weighted by atomic mass is 79.9. The van der Waals surface area contributed by atoms with Crippen molar-refractivity contribution in [2.45, 2.75) is 19.9 Å². The summed E-state index contributed by atoms with van der Waals surface area (Å²) in [6, 6.07) is 6.07. The molecule has 90 valence electrons. The molecular formula is C12H17BrClNO. The fourth-order valence-electron chi connectivity index (χ4n) is 1.41. The standard InChI is InChI=1S/C12H17BrClNO/c1-8(7-16)6-15-9(2)11-4-3-10(13)5-12(11)14/h3-5,8-9,15-16H,6-7H2,1-2H3. The molecule has 0 saturated carbocycles. The van der Waals surface area contributed by atoms with E-state index in [0.717, 1.165) is 21.6 Å². The van der Waals surface area contributed by atoms with Gasteiger partial charge >= 0.3 is 0 Å². The maximum absolute atomic E-state index is 8.94. The van der Waals surface area contributed by atoms with Gasteiger partial charge in [0, 0.05) is 28.7 Å². The summed E-state index contributed by atoms with van der Waals surface area (Å²) in [6.45, 7) is 5.06. The van der Waals surface area contributed by atoms with Crippen molar-refractivity contribution in [1.82, 2.24) is 5.32 Å². The van der Waals surface area contributed by atoms with E-state index in [-0.39, 0.29) is 18.6 Å². The molecule has 0 spiro atoms. The predicted octanol–water partition coefficient (Wildman–Crippen LogP) is 3.38. The van der Waals surface area contributed by atoms with Gasteiger partial charge < -0.3 is 10.4 Å². The number of aliphatic hydroxyl groups excluding tert-OH is 1. The number of benzene rings is 1. The third kappa shape index (κ3) is 4.06. The van der Waals surface area contributed by atoms with Gasteiger partial charge in [-0.2, -0.15) is 0 Å². The summed E-state index contributed by atoms with van der Waals surface area (Å²) in [5, 5.41) is 13.0. The Morgan fingerprint density at radius 2 is 2.12 bits per heavy atom. The summed E-state index contributed by atoms with van der Waals surface area (Å²) in [7, 11) is 0. The van der Waals surface area contributed by atoms with Crippen LogP contribution in [0.3, 0.4) is 0 Å². The van der Waals surface area contributed by atoms with E-state index in [2.05, 4.69) is 28.2 Å². The molecule has 2 nitrogen and oxygen atoms in total. The number of hydrogen-bond donors (Lipinski definition) is 2. The Morgan fingerprint density at radius 1 is 1.44 bits per heavy atom. The summed E-state index contributed by atoms with van der Waals surface area (Å²) in [6.07, 6.45) is 0. The lowest BCUT2D eigenvalue weighted by Gasteiger charge is -2.18. The number of nitrogens with one attached hydrogen (secondary N) is 1. The van der Waals surface area contributed by atoms with Crippen molar-refractivity contribution in [2.24, 2.45) is 5.92 Å². The van der Waals surface area contributed by atoms with Gasteiger partial charge in [0.05, 0.1) is 0 Å². The first-order valence-electron chi connectivity index (χ1n) is 5.33. The molecule has 4 heteroatoms. The molecule has 2 N–H and O–H groups in total. The van der Waals surface area contributed by atoms with Gasteiger partial charge in [-0.3, -0.25) is 0 Å². The first-order valence-corrected chi connectivity index (χ1v) is 6.51. The van der Waals surface area contributed by atoms with Crippen LogP contribution < -0.4 is 5.32 Å². The Hall–Kier alpha value is -0.0900. The third-order valence-corrected chi connectivity index (χ3v) is 3.33. The van der Waals surface area contributed by atoms with Crippen LogP contribution >= 0.6 is 27.5 Å². The van der Waals surface area contributed by atoms with Crippen LogP contribution in [0, 0.1) is 5.92 Å². The maximum atomic E-state index is 8.94. The Labute approximate surface area is 110 Å². The zero-order valence-electron chi connectivity index (χ0n) is 9.50. The molecule has 0 aliphatic carbocycles. The second-order valence-corrected chi connectivity index (χ2v) is 5.41. The molecule has 0 aliphatic rings. The van der Waals surface area contributed by atoms with E-state index in [0.29, 0.717) is 0 Å². The van der Waals surface area contributed by atoms with E-state index in [1.807, 2.05) is 25.1 Å². The van der Waals surface area contributed by atoms with Crippen LogP contribution in [0.2, 0.25) is 5.02 Å². The van der Waals surface area contributed by atoms with E-state index >= 15 is 0 Å². The average Bonchev–Trinajstić information content (AvgIpc) is 2.25. The van der Waals surface area contributed by atoms with Gasteiger partial charge in [-0.25, -0.2) is 0 Å². The SMILES string of the molecule is CC(CO)CNC(C)c1ccc(Br)cc1Cl. The molecule has 16 heavy (non-hydrogen) atoms. The van der Waals surface area contributed by atoms with Crippen molar-refractivity contribution in [3.63, 3.8) is 0 Å². The van der Waals surface area contributed by atoms with Gasteiger partial charge in [0.25, 0.3) is 0 Å². The van der Waals surface area contributed by atoms with Crippen molar-refractivity contribution in [1.29, 1.82) is 0 Å². The second-order valence-electron chi connectivity index (χ2n) is 4.08. The van der Waals surface area contributed by atoms with Gasteiger partial charge in [0.15, 0.2) is 0 Å². The van der Waals surface area contributed by atoms with Crippen LogP contribution in [0.1, 0.15) is 25.5 Å². The van der Waals surface area contributed by atoms with Gasteiger partial charge in [-0.05, 0) is 30.5 Å². The Morgan fingerprint density at radius 3 is 2.69 bits per heavy atom. The summed E-state index contributed by atoms with van der Waals surface area (Å²) in [5.74, 6) is 0.261. The lowest BCUT2D eigenvalue weighted by molar-refractivity contribution is 0.231. The molecule has 0 fully saturated rings. The molecule has 2 atom stereocenters. The van der Waals surface area contributed by atoms with Crippen LogP contribution in [0.5, 0.6) is 0 Å². The van der Waals surface area contributed by atoms with E-state index in [9.17, 15) is 0 Å². The summed E-state index contributed by atoms with van der Waals surface area (Å²) in [5.41, 5.74) is 1.08. The van der Waals surface area contributed by atoms with E-state index in [1.54, 1.807) is 0 Å². The van der Waals surface area contributed by atoms with E-state index in [4.69, 9.17) is 16.7 Å². The monoisotopic (exact) mass is 305 g/mol. The number of hydrogen-bond acceptors (Lipinski definition) is 2. The maximum Gasteiger partial charge on any atom is 0.0468 e. The van der Waals surface area contributed by atoms with Crippen LogP contribution in [-0.4, -0.2) is 18.3 Å². The molecular weight excluding hydrogens is 289 g/mol. The number of aliphatic hydroxyl groups is 1. The molecule has 0 radical (unpaired) electrons. The van der Waals surface area contributed by atoms with Crippen LogP contribution in [0.4, 0.5) is 0 Å². The summed E-state index contributed by atoms with van der Waals surface area (Å²) >= 11 is 9.54. The molecule has 2 unspecified atom stereocenters. The largest absolute Gasteiger partial charge is 0.396 e. The van der Waals surface area contributed by atoms with Crippen LogP contribution in [0.25, 0.3) is 0 Å². The lowest BCUT2D eigenvalue weighted by atomic mass is 10.1. The molecule has 0 heterocycles. The first kappa shape index (κ1) is 14.0. The minimum absolute atomic E-state index is 0.189. The van der Waals surface area contributed by atoms with Crippen molar-refractivity contribution < 1.29 is 5.11 Å². The number of rotatable bonds is 5. The van der Waals surface area contributed by atoms with E-state index < -0.39 is 0 Å². The fraction of sp³-hybridized carbons (Fsp3) is 0.500. The van der Waals surface area contributed by atoms with Crippen LogP contribution in [-0.2, 0) is 0 Å². The zero-order valence-corrected chi connectivity index (χ0v) is 11.8. The number of halogens is 2. The van der Waals surface area contributed by atoms with Crippen molar-refractivity contribution in [2.75, 3.05) is 13.2 Å². The lowest BCUT2D eigenvalue weighted by Crippen LogP contribution is -2.26. The molecule has 0 aromatic heterocycles. The predicted molar refractivity (Wildman–Crippen MR) is 71.8 cm³/mol.